The third kappa shape index (κ3) is 6.61. The average Bonchev–Trinajstić information content (AvgIpc) is 4.18. The summed E-state index contributed by atoms with van der Waals surface area (Å²) in [5.74, 6) is -0.0219. The molecule has 2 amide bonds. The highest BCUT2D eigenvalue weighted by atomic mass is 32.1. The highest BCUT2D eigenvalue weighted by Gasteiger charge is 2.44. The van der Waals surface area contributed by atoms with Gasteiger partial charge in [-0.25, -0.2) is 0 Å². The number of unbranched alkanes of at least 4 members (excludes halogenated alkanes) is 8. The number of hydrogen-bond donors (Lipinski definition) is 0. The lowest BCUT2D eigenvalue weighted by molar-refractivity contribution is 0.0621. The lowest BCUT2D eigenvalue weighted by atomic mass is 9.93. The molecule has 0 radical (unpaired) electrons. The Balaban J connectivity index is 1.09. The van der Waals surface area contributed by atoms with E-state index < -0.39 is 0 Å². The zero-order valence-corrected chi connectivity index (χ0v) is 40.3. The van der Waals surface area contributed by atoms with Gasteiger partial charge in [0, 0.05) is 46.9 Å². The van der Waals surface area contributed by atoms with Crippen LogP contribution in [-0.4, -0.2) is 32.4 Å². The SMILES string of the molecule is CCCCCCCCC(CCCCCC)CN1C(=O)c2c(-n3c4cc5sccc5cc4c4cc5ccsc5cc43)sc(-n3c4cc5sccc5cc4c4cc5ccsc5cc43)c2C1=O. The van der Waals surface area contributed by atoms with E-state index in [-0.39, 0.29) is 17.7 Å². The zero-order valence-electron chi connectivity index (χ0n) is 36.2. The van der Waals surface area contributed by atoms with Gasteiger partial charge in [-0.15, -0.1) is 45.3 Å². The Morgan fingerprint density at radius 1 is 0.453 bits per heavy atom. The number of nitrogens with zero attached hydrogens (tertiary/aromatic N) is 3. The highest BCUT2D eigenvalue weighted by Crippen LogP contribution is 2.49. The number of rotatable bonds is 16. The molecular formula is C54H49N3O2S5. The summed E-state index contributed by atoms with van der Waals surface area (Å²) in [4.78, 5) is 32.8. The molecule has 64 heavy (non-hydrogen) atoms. The van der Waals surface area contributed by atoms with E-state index in [9.17, 15) is 0 Å². The summed E-state index contributed by atoms with van der Waals surface area (Å²) in [5, 5.41) is 19.8. The van der Waals surface area contributed by atoms with Crippen LogP contribution < -0.4 is 0 Å². The van der Waals surface area contributed by atoms with Crippen molar-refractivity contribution in [3.63, 3.8) is 0 Å². The number of carbonyl (C=O) groups is 2. The van der Waals surface area contributed by atoms with E-state index in [0.717, 1.165) is 79.3 Å². The van der Waals surface area contributed by atoms with Crippen LogP contribution in [0.2, 0.25) is 0 Å². The van der Waals surface area contributed by atoms with E-state index in [4.69, 9.17) is 0 Å². The Kier molecular flexibility index (Phi) is 10.5. The second-order valence-electron chi connectivity index (χ2n) is 17.9. The minimum Gasteiger partial charge on any atom is -0.300 e. The van der Waals surface area contributed by atoms with Crippen molar-refractivity contribution in [3.05, 3.63) is 105 Å². The molecule has 1 atom stereocenters. The fourth-order valence-electron chi connectivity index (χ4n) is 10.6. The first-order chi connectivity index (χ1) is 31.5. The molecule has 10 heteroatoms. The summed E-state index contributed by atoms with van der Waals surface area (Å²) in [6.07, 6.45) is 14.2. The standard InChI is InChI=1S/C54H49N3O2S5/c1-3-5-7-9-10-12-14-32(13-11-8-6-4-2)31-55-51(58)49-50(52(55)59)54(57-43-29-47-35(17-21-62-47)25-39(43)40-26-36-18-22-63-48(36)30-44(40)57)64-53(49)56-41-27-45-33(15-19-60-45)23-37(41)38-24-34-16-20-61-46(34)28-42(38)56/h15-30,32H,3-14,31H2,1-2H3. The number of carbonyl (C=O) groups excluding carboxylic acids is 2. The van der Waals surface area contributed by atoms with E-state index in [1.54, 1.807) is 61.6 Å². The first-order valence-corrected chi connectivity index (χ1v) is 27.5. The van der Waals surface area contributed by atoms with Crippen LogP contribution in [0.1, 0.15) is 112 Å². The van der Waals surface area contributed by atoms with Crippen LogP contribution in [0.5, 0.6) is 0 Å². The Bertz CT molecular complexity index is 3210. The summed E-state index contributed by atoms with van der Waals surface area (Å²) < 4.78 is 9.51. The van der Waals surface area contributed by atoms with Crippen molar-refractivity contribution in [1.82, 2.24) is 14.0 Å². The molecule has 0 saturated carbocycles. The van der Waals surface area contributed by atoms with Crippen LogP contribution in [-0.2, 0) is 0 Å². The number of imide groups is 1. The maximum absolute atomic E-state index is 15.6. The molecule has 7 aromatic heterocycles. The van der Waals surface area contributed by atoms with Crippen LogP contribution >= 0.6 is 56.7 Å². The molecule has 4 aromatic carbocycles. The number of amides is 2. The summed E-state index contributed by atoms with van der Waals surface area (Å²) in [6, 6.07) is 27.3. The van der Waals surface area contributed by atoms with Crippen LogP contribution in [0.15, 0.2) is 94.3 Å². The van der Waals surface area contributed by atoms with Crippen LogP contribution in [0.4, 0.5) is 0 Å². The Labute approximate surface area is 392 Å². The third-order valence-corrected chi connectivity index (χ3v) is 18.6. The van der Waals surface area contributed by atoms with E-state index in [0.29, 0.717) is 17.7 Å². The van der Waals surface area contributed by atoms with Crippen molar-refractivity contribution in [2.45, 2.75) is 90.9 Å². The van der Waals surface area contributed by atoms with Gasteiger partial charge in [0.05, 0.1) is 33.2 Å². The molecule has 11 aromatic rings. The quantitative estimate of drug-likeness (QED) is 0.0716. The highest BCUT2D eigenvalue weighted by molar-refractivity contribution is 7.19. The van der Waals surface area contributed by atoms with Gasteiger partial charge in [0.1, 0.15) is 10.0 Å². The molecule has 1 aliphatic rings. The van der Waals surface area contributed by atoms with E-state index in [2.05, 4.69) is 117 Å². The largest absolute Gasteiger partial charge is 0.300 e. The Morgan fingerprint density at radius 3 is 1.17 bits per heavy atom. The maximum Gasteiger partial charge on any atom is 0.264 e. The molecule has 0 saturated heterocycles. The van der Waals surface area contributed by atoms with Gasteiger partial charge >= 0.3 is 0 Å². The maximum atomic E-state index is 15.6. The van der Waals surface area contributed by atoms with Gasteiger partial charge in [-0.2, -0.15) is 0 Å². The number of benzene rings is 4. The average molecular weight is 932 g/mol. The normalized spacial score (nSPS) is 13.9. The predicted molar refractivity (Wildman–Crippen MR) is 280 cm³/mol. The Morgan fingerprint density at radius 2 is 0.797 bits per heavy atom. The second kappa shape index (κ2) is 16.5. The number of fused-ring (bicyclic) bond motifs is 11. The topological polar surface area (TPSA) is 47.2 Å². The fourth-order valence-corrected chi connectivity index (χ4v) is 15.2. The number of hydrogen-bond acceptors (Lipinski definition) is 7. The second-order valence-corrected chi connectivity index (χ2v) is 22.7. The van der Waals surface area contributed by atoms with Crippen LogP contribution in [0.3, 0.4) is 0 Å². The number of aromatic nitrogens is 2. The molecule has 1 aliphatic heterocycles. The molecule has 0 fully saturated rings. The van der Waals surface area contributed by atoms with E-state index in [1.165, 1.54) is 91.7 Å². The van der Waals surface area contributed by atoms with Crippen molar-refractivity contribution in [1.29, 1.82) is 0 Å². The summed E-state index contributed by atoms with van der Waals surface area (Å²) in [7, 11) is 0. The first-order valence-electron chi connectivity index (χ1n) is 23.2. The number of thiophene rings is 5. The minimum atomic E-state index is -0.148. The van der Waals surface area contributed by atoms with Crippen molar-refractivity contribution in [2.75, 3.05) is 6.54 Å². The molecule has 0 bridgehead atoms. The van der Waals surface area contributed by atoms with Crippen LogP contribution in [0, 0.1) is 5.92 Å². The van der Waals surface area contributed by atoms with Gasteiger partial charge in [-0.1, -0.05) is 89.4 Å². The van der Waals surface area contributed by atoms with Gasteiger partial charge in [0.15, 0.2) is 0 Å². The molecular weight excluding hydrogens is 883 g/mol. The summed E-state index contributed by atoms with van der Waals surface area (Å²) >= 11 is 8.59. The fraction of sp³-hybridized carbons (Fsp3) is 0.296. The Hall–Kier alpha value is -4.84. The first kappa shape index (κ1) is 40.7. The van der Waals surface area contributed by atoms with E-state index in [1.807, 2.05) is 0 Å². The lowest BCUT2D eigenvalue weighted by Crippen LogP contribution is -2.35. The minimum absolute atomic E-state index is 0.148. The van der Waals surface area contributed by atoms with Crippen LogP contribution in [0.25, 0.3) is 94.0 Å². The molecule has 8 heterocycles. The molecule has 0 aliphatic carbocycles. The van der Waals surface area contributed by atoms with Gasteiger partial charge < -0.3 is 0 Å². The summed E-state index contributed by atoms with van der Waals surface area (Å²) in [6.45, 7) is 4.99. The van der Waals surface area contributed by atoms with Gasteiger partial charge in [0.2, 0.25) is 0 Å². The zero-order chi connectivity index (χ0) is 43.1. The molecule has 5 nitrogen and oxygen atoms in total. The molecule has 1 unspecified atom stereocenters. The smallest absolute Gasteiger partial charge is 0.264 e. The molecule has 0 N–H and O–H groups in total. The third-order valence-electron chi connectivity index (χ3n) is 13.9. The van der Waals surface area contributed by atoms with Crippen molar-refractivity contribution in [2.24, 2.45) is 5.92 Å². The van der Waals surface area contributed by atoms with E-state index >= 15 is 9.59 Å². The van der Waals surface area contributed by atoms with Crippen molar-refractivity contribution < 1.29 is 9.59 Å². The van der Waals surface area contributed by atoms with Crippen molar-refractivity contribution >= 4 is 152 Å². The summed E-state index contributed by atoms with van der Waals surface area (Å²) in [5.41, 5.74) is 5.37. The molecule has 0 spiro atoms. The van der Waals surface area contributed by atoms with Gasteiger partial charge in [-0.05, 0) is 135 Å². The lowest BCUT2D eigenvalue weighted by Gasteiger charge is -2.23. The van der Waals surface area contributed by atoms with Gasteiger partial charge in [-0.3, -0.25) is 23.6 Å². The van der Waals surface area contributed by atoms with Crippen molar-refractivity contribution in [3.8, 4) is 10.0 Å². The predicted octanol–water partition coefficient (Wildman–Crippen LogP) is 17.7. The molecule has 322 valence electrons. The monoisotopic (exact) mass is 931 g/mol. The molecule has 12 rings (SSSR count). The van der Waals surface area contributed by atoms with Gasteiger partial charge in [0.25, 0.3) is 11.8 Å².